The number of carboxylic acid groups (broad SMARTS) is 1. The summed E-state index contributed by atoms with van der Waals surface area (Å²) in [6, 6.07) is 0. The Morgan fingerprint density at radius 3 is 2.50 bits per heavy atom. The topological polar surface area (TPSA) is 120 Å². The van der Waals surface area contributed by atoms with Crippen LogP contribution < -0.4 is 0 Å². The van der Waals surface area contributed by atoms with Gasteiger partial charge in [-0.15, -0.1) is 0 Å². The van der Waals surface area contributed by atoms with Gasteiger partial charge in [-0.1, -0.05) is 0 Å². The zero-order valence-corrected chi connectivity index (χ0v) is 15.2. The normalized spacial score (nSPS) is 14.0. The third-order valence-corrected chi connectivity index (χ3v) is 5.09. The predicted molar refractivity (Wildman–Crippen MR) is 82.3 cm³/mol. The number of oxime groups is 1. The van der Waals surface area contributed by atoms with E-state index in [4.69, 9.17) is 15.1 Å². The molecule has 0 amide bonds. The van der Waals surface area contributed by atoms with Gasteiger partial charge in [0, 0.05) is 0 Å². The van der Waals surface area contributed by atoms with Crippen LogP contribution >= 0.6 is 0 Å². The van der Waals surface area contributed by atoms with Crippen molar-refractivity contribution in [3.8, 4) is 0 Å². The molecule has 22 heavy (non-hydrogen) atoms. The summed E-state index contributed by atoms with van der Waals surface area (Å²) in [5.74, 6) is -0.973. The SMILES string of the molecule is CC(C)(C)OC(=O)[AsH]C(CCCCN(O)CC=NO)C(=O)O. The number of carbonyl (C=O) groups is 2. The third kappa shape index (κ3) is 11.5. The number of unbranched alkanes of at least 4 members (excludes halogenated alkanes) is 1. The Hall–Kier alpha value is -1.11. The van der Waals surface area contributed by atoms with Crippen LogP contribution in [0.2, 0.25) is 4.71 Å². The Labute approximate surface area is 136 Å². The number of hydrogen-bond donors (Lipinski definition) is 3. The van der Waals surface area contributed by atoms with E-state index in [1.807, 2.05) is 0 Å². The van der Waals surface area contributed by atoms with Gasteiger partial charge in [0.2, 0.25) is 0 Å². The molecule has 8 nitrogen and oxygen atoms in total. The third-order valence-electron chi connectivity index (χ3n) is 2.52. The van der Waals surface area contributed by atoms with E-state index < -0.39 is 36.8 Å². The average molecular weight is 380 g/mol. The van der Waals surface area contributed by atoms with Gasteiger partial charge >= 0.3 is 136 Å². The van der Waals surface area contributed by atoms with Crippen molar-refractivity contribution < 1.29 is 29.8 Å². The summed E-state index contributed by atoms with van der Waals surface area (Å²) in [5.41, 5.74) is -0.602. The van der Waals surface area contributed by atoms with Crippen LogP contribution in [0.5, 0.6) is 0 Å². The standard InChI is InChI=1S/C13H25AsN2O6/c1-13(2,3)22-12(19)14-10(11(17)18)6-4-5-8-16(21)9-7-15-20/h7,10,14,20-21H,4-6,8-9H2,1-3H3,(H,17,18). The molecule has 128 valence electrons. The van der Waals surface area contributed by atoms with Crippen LogP contribution in [0.3, 0.4) is 0 Å². The molecule has 0 aliphatic rings. The predicted octanol–water partition coefficient (Wildman–Crippen LogP) is 1.55. The van der Waals surface area contributed by atoms with Crippen molar-refractivity contribution in [3.63, 3.8) is 0 Å². The second kappa shape index (κ2) is 10.6. The molecule has 2 atom stereocenters. The molecule has 0 aliphatic carbocycles. The Morgan fingerprint density at radius 2 is 2.00 bits per heavy atom. The van der Waals surface area contributed by atoms with Crippen molar-refractivity contribution in [3.05, 3.63) is 0 Å². The van der Waals surface area contributed by atoms with Gasteiger partial charge in [-0.2, -0.15) is 0 Å². The number of carboxylic acids is 1. The molecule has 3 N–H and O–H groups in total. The molecular formula is C13H25AsN2O6. The van der Waals surface area contributed by atoms with Crippen molar-refractivity contribution in [1.82, 2.24) is 5.06 Å². The number of ether oxygens (including phenoxy) is 1. The molecule has 9 heteroatoms. The summed E-state index contributed by atoms with van der Waals surface area (Å²) in [4.78, 5) is 22.9. The van der Waals surface area contributed by atoms with Gasteiger partial charge in [0.05, 0.1) is 0 Å². The van der Waals surface area contributed by atoms with E-state index in [2.05, 4.69) is 5.16 Å². The summed E-state index contributed by atoms with van der Waals surface area (Å²) in [7, 11) is 0. The molecule has 0 fully saturated rings. The van der Waals surface area contributed by atoms with Crippen molar-refractivity contribution in [1.29, 1.82) is 0 Å². The summed E-state index contributed by atoms with van der Waals surface area (Å²) in [6.45, 7) is 5.69. The van der Waals surface area contributed by atoms with E-state index in [0.717, 1.165) is 11.3 Å². The van der Waals surface area contributed by atoms with Crippen LogP contribution in [0.15, 0.2) is 5.16 Å². The molecule has 2 unspecified atom stereocenters. The quantitative estimate of drug-likeness (QED) is 0.173. The first kappa shape index (κ1) is 20.9. The van der Waals surface area contributed by atoms with Crippen LogP contribution in [-0.2, 0) is 9.53 Å². The van der Waals surface area contributed by atoms with Crippen molar-refractivity contribution in [2.75, 3.05) is 13.1 Å². The van der Waals surface area contributed by atoms with Gasteiger partial charge < -0.3 is 0 Å². The first-order valence-electron chi connectivity index (χ1n) is 6.97. The number of aliphatic carboxylic acids is 1. The molecule has 0 aliphatic heterocycles. The monoisotopic (exact) mass is 380 g/mol. The summed E-state index contributed by atoms with van der Waals surface area (Å²) >= 11 is -1.39. The number of hydrogen-bond acceptors (Lipinski definition) is 7. The summed E-state index contributed by atoms with van der Waals surface area (Å²) in [6.07, 6.45) is 2.70. The van der Waals surface area contributed by atoms with Crippen LogP contribution in [0, 0.1) is 0 Å². The maximum atomic E-state index is 11.7. The van der Waals surface area contributed by atoms with E-state index in [-0.39, 0.29) is 6.54 Å². The fraction of sp³-hybridized carbons (Fsp3) is 0.769. The van der Waals surface area contributed by atoms with Crippen LogP contribution in [0.4, 0.5) is 4.79 Å². The molecule has 0 heterocycles. The van der Waals surface area contributed by atoms with E-state index in [0.29, 0.717) is 25.8 Å². The number of carbonyl (C=O) groups excluding carboxylic acids is 1. The van der Waals surface area contributed by atoms with Crippen molar-refractivity contribution in [2.45, 2.75) is 50.3 Å². The van der Waals surface area contributed by atoms with Gasteiger partial charge in [0.1, 0.15) is 0 Å². The molecule has 0 radical (unpaired) electrons. The maximum absolute atomic E-state index is 11.7. The first-order valence-corrected chi connectivity index (χ1v) is 9.23. The number of hydroxylamine groups is 2. The van der Waals surface area contributed by atoms with E-state index in [9.17, 15) is 14.8 Å². The van der Waals surface area contributed by atoms with E-state index in [1.165, 1.54) is 0 Å². The Balaban J connectivity index is 4.11. The van der Waals surface area contributed by atoms with Gasteiger partial charge in [-0.25, -0.2) is 0 Å². The Morgan fingerprint density at radius 1 is 1.36 bits per heavy atom. The minimum absolute atomic E-state index is 0.102. The zero-order valence-electron chi connectivity index (χ0n) is 13.2. The molecule has 0 aromatic heterocycles. The average Bonchev–Trinajstić information content (AvgIpc) is 2.37. The molecule has 0 saturated heterocycles. The minimum atomic E-state index is -1.39. The molecule has 0 rings (SSSR count). The Kier molecular flexibility index (Phi) is 10.1. The fourth-order valence-electron chi connectivity index (χ4n) is 1.57. The second-order valence-corrected chi connectivity index (χ2v) is 8.67. The van der Waals surface area contributed by atoms with Gasteiger partial charge in [-0.05, 0) is 0 Å². The molecule has 0 bridgehead atoms. The van der Waals surface area contributed by atoms with Crippen LogP contribution in [0.1, 0.15) is 40.0 Å². The second-order valence-electron chi connectivity index (χ2n) is 5.74. The fourth-order valence-corrected chi connectivity index (χ4v) is 3.93. The summed E-state index contributed by atoms with van der Waals surface area (Å²) in [5, 5.41) is 30.5. The van der Waals surface area contributed by atoms with Crippen LogP contribution in [0.25, 0.3) is 0 Å². The first-order chi connectivity index (χ1) is 10.2. The van der Waals surface area contributed by atoms with Crippen molar-refractivity contribution >= 4 is 32.7 Å². The molecular weight excluding hydrogens is 355 g/mol. The molecule has 0 spiro atoms. The van der Waals surface area contributed by atoms with Crippen LogP contribution in [-0.4, -0.2) is 72.0 Å². The molecule has 0 saturated carbocycles. The van der Waals surface area contributed by atoms with Gasteiger partial charge in [-0.3, -0.25) is 0 Å². The van der Waals surface area contributed by atoms with E-state index in [1.54, 1.807) is 20.8 Å². The van der Waals surface area contributed by atoms with Crippen molar-refractivity contribution in [2.24, 2.45) is 5.16 Å². The van der Waals surface area contributed by atoms with Gasteiger partial charge in [0.25, 0.3) is 0 Å². The van der Waals surface area contributed by atoms with E-state index >= 15 is 0 Å². The Bertz CT molecular complexity index is 383. The summed E-state index contributed by atoms with van der Waals surface area (Å²) < 4.78 is 4.11. The number of nitrogens with zero attached hydrogens (tertiary/aromatic N) is 2. The zero-order chi connectivity index (χ0) is 17.2. The number of rotatable bonds is 10. The molecule has 0 aromatic rings. The molecule has 0 aromatic carbocycles. The van der Waals surface area contributed by atoms with Gasteiger partial charge in [0.15, 0.2) is 0 Å².